The first-order valence-corrected chi connectivity index (χ1v) is 8.39. The van der Waals surface area contributed by atoms with Gasteiger partial charge in [-0.3, -0.25) is 0 Å². The first-order valence-electron chi connectivity index (χ1n) is 5.71. The maximum atomic E-state index is 12.1. The Hall–Kier alpha value is -0.250. The second kappa shape index (κ2) is 5.27. The number of halogens is 1. The van der Waals surface area contributed by atoms with Gasteiger partial charge in [-0.1, -0.05) is 22.9 Å². The second-order valence-corrected chi connectivity index (χ2v) is 8.07. The van der Waals surface area contributed by atoms with Gasteiger partial charge >= 0.3 is 0 Å². The normalized spacial score (nSPS) is 27.9. The average molecular weight is 327 g/mol. The van der Waals surface area contributed by atoms with Gasteiger partial charge in [0.05, 0.1) is 11.8 Å². The van der Waals surface area contributed by atoms with Gasteiger partial charge in [0, 0.05) is 19.6 Å². The Morgan fingerprint density at radius 2 is 2.37 bits per heavy atom. The van der Waals surface area contributed by atoms with E-state index >= 15 is 0 Å². The minimum atomic E-state index is -3.71. The van der Waals surface area contributed by atoms with Crippen LogP contribution in [0.3, 0.4) is 0 Å². The predicted octanol–water partition coefficient (Wildman–Crippen LogP) is 0.923. The number of rotatable bonds is 4. The molecule has 0 amide bonds. The van der Waals surface area contributed by atoms with Crippen molar-refractivity contribution >= 4 is 33.0 Å². The lowest BCUT2D eigenvalue weighted by Gasteiger charge is -2.25. The Kier molecular flexibility index (Phi) is 4.20. The lowest BCUT2D eigenvalue weighted by atomic mass is 9.97. The predicted molar refractivity (Wildman–Crippen MR) is 72.0 cm³/mol. The molecule has 1 aromatic rings. The van der Waals surface area contributed by atoms with Gasteiger partial charge in [0.2, 0.25) is 0 Å². The molecule has 108 valence electrons. The zero-order chi connectivity index (χ0) is 14.3. The molecule has 6 nitrogen and oxygen atoms in total. The molecular weight excluding hydrogens is 312 g/mol. The first-order chi connectivity index (χ1) is 8.74. The summed E-state index contributed by atoms with van der Waals surface area (Å²) in [5.41, 5.74) is -0.819. The topological polar surface area (TPSA) is 88.5 Å². The van der Waals surface area contributed by atoms with E-state index < -0.39 is 21.7 Å². The SMILES string of the molecule is Cc1nc(Cl)sc1S(=O)(=O)NCC1(O)CCOC1C. The molecule has 2 heterocycles. The van der Waals surface area contributed by atoms with Gasteiger partial charge in [0.15, 0.2) is 8.68 Å². The molecule has 2 N–H and O–H groups in total. The molecule has 0 aliphatic carbocycles. The van der Waals surface area contributed by atoms with Gasteiger partial charge < -0.3 is 9.84 Å². The summed E-state index contributed by atoms with van der Waals surface area (Å²) in [6, 6.07) is 0. The summed E-state index contributed by atoms with van der Waals surface area (Å²) in [6.07, 6.45) is 0.000368. The summed E-state index contributed by atoms with van der Waals surface area (Å²) in [7, 11) is -3.71. The van der Waals surface area contributed by atoms with E-state index in [9.17, 15) is 13.5 Å². The van der Waals surface area contributed by atoms with E-state index in [2.05, 4.69) is 9.71 Å². The maximum Gasteiger partial charge on any atom is 0.252 e. The van der Waals surface area contributed by atoms with Crippen molar-refractivity contribution in [2.45, 2.75) is 36.2 Å². The molecule has 1 fully saturated rings. The zero-order valence-electron chi connectivity index (χ0n) is 10.5. The Labute approximate surface area is 120 Å². The van der Waals surface area contributed by atoms with Gasteiger partial charge in [-0.2, -0.15) is 0 Å². The summed E-state index contributed by atoms with van der Waals surface area (Å²) in [5, 5.41) is 10.3. The molecule has 9 heteroatoms. The number of thiazole rings is 1. The quantitative estimate of drug-likeness (QED) is 0.859. The van der Waals surface area contributed by atoms with Crippen LogP contribution in [0.25, 0.3) is 0 Å². The third-order valence-corrected chi connectivity index (χ3v) is 6.47. The summed E-state index contributed by atoms with van der Waals surface area (Å²) < 4.78 is 32.1. The van der Waals surface area contributed by atoms with Crippen LogP contribution in [0.4, 0.5) is 0 Å². The van der Waals surface area contributed by atoms with Crippen LogP contribution >= 0.6 is 22.9 Å². The van der Waals surface area contributed by atoms with E-state index in [0.717, 1.165) is 11.3 Å². The van der Waals surface area contributed by atoms with Gasteiger partial charge in [0.1, 0.15) is 5.60 Å². The highest BCUT2D eigenvalue weighted by Crippen LogP contribution is 2.28. The fourth-order valence-electron chi connectivity index (χ4n) is 1.89. The fourth-order valence-corrected chi connectivity index (χ4v) is 4.77. The van der Waals surface area contributed by atoms with Crippen molar-refractivity contribution in [2.75, 3.05) is 13.2 Å². The lowest BCUT2D eigenvalue weighted by Crippen LogP contribution is -2.47. The standard InChI is InChI=1S/C10H15ClN2O4S2/c1-6-8(18-9(11)13-6)19(15,16)12-5-10(14)3-4-17-7(10)2/h7,12,14H,3-5H2,1-2H3. The van der Waals surface area contributed by atoms with E-state index in [1.54, 1.807) is 13.8 Å². The Morgan fingerprint density at radius 3 is 2.84 bits per heavy atom. The third-order valence-electron chi connectivity index (χ3n) is 3.20. The molecule has 2 atom stereocenters. The molecule has 0 saturated carbocycles. The van der Waals surface area contributed by atoms with Crippen molar-refractivity contribution in [3.05, 3.63) is 10.2 Å². The fraction of sp³-hybridized carbons (Fsp3) is 0.700. The molecule has 1 aliphatic heterocycles. The molecule has 1 aliphatic rings. The van der Waals surface area contributed by atoms with Gasteiger partial charge in [0.25, 0.3) is 10.0 Å². The molecule has 0 aromatic carbocycles. The highest BCUT2D eigenvalue weighted by Gasteiger charge is 2.40. The van der Waals surface area contributed by atoms with Crippen LogP contribution in [0.2, 0.25) is 4.47 Å². The van der Waals surface area contributed by atoms with Crippen LogP contribution < -0.4 is 4.72 Å². The average Bonchev–Trinajstić information content (AvgIpc) is 2.82. The Bertz CT molecular complexity index is 574. The molecule has 2 unspecified atom stereocenters. The van der Waals surface area contributed by atoms with Crippen LogP contribution in [0, 0.1) is 6.92 Å². The second-order valence-electron chi connectivity index (χ2n) is 4.53. The largest absolute Gasteiger partial charge is 0.386 e. The summed E-state index contributed by atoms with van der Waals surface area (Å²) in [4.78, 5) is 3.87. The van der Waals surface area contributed by atoms with Crippen LogP contribution in [0.5, 0.6) is 0 Å². The molecule has 0 spiro atoms. The molecule has 19 heavy (non-hydrogen) atoms. The van der Waals surface area contributed by atoms with Crippen LogP contribution in [-0.2, 0) is 14.8 Å². The Morgan fingerprint density at radius 1 is 1.68 bits per heavy atom. The van der Waals surface area contributed by atoms with Crippen molar-refractivity contribution in [3.63, 3.8) is 0 Å². The highest BCUT2D eigenvalue weighted by molar-refractivity contribution is 7.91. The van der Waals surface area contributed by atoms with E-state index in [-0.39, 0.29) is 15.2 Å². The number of hydrogen-bond donors (Lipinski definition) is 2. The molecule has 1 aromatic heterocycles. The molecule has 1 saturated heterocycles. The number of aliphatic hydroxyl groups is 1. The number of aromatic nitrogens is 1. The molecule has 2 rings (SSSR count). The van der Waals surface area contributed by atoms with E-state index in [0.29, 0.717) is 18.7 Å². The van der Waals surface area contributed by atoms with E-state index in [4.69, 9.17) is 16.3 Å². The Balaban J connectivity index is 2.12. The molecule has 0 radical (unpaired) electrons. The van der Waals surface area contributed by atoms with Crippen molar-refractivity contribution < 1.29 is 18.3 Å². The third kappa shape index (κ3) is 3.09. The van der Waals surface area contributed by atoms with Gasteiger partial charge in [-0.05, 0) is 13.8 Å². The monoisotopic (exact) mass is 326 g/mol. The van der Waals surface area contributed by atoms with E-state index in [1.807, 2.05) is 0 Å². The minimum absolute atomic E-state index is 0.0765. The number of hydrogen-bond acceptors (Lipinski definition) is 6. The van der Waals surface area contributed by atoms with Crippen molar-refractivity contribution in [3.8, 4) is 0 Å². The zero-order valence-corrected chi connectivity index (χ0v) is 12.9. The number of nitrogens with one attached hydrogen (secondary N) is 1. The van der Waals surface area contributed by atoms with E-state index in [1.165, 1.54) is 0 Å². The number of sulfonamides is 1. The summed E-state index contributed by atoms with van der Waals surface area (Å²) in [5.74, 6) is 0. The number of ether oxygens (including phenoxy) is 1. The van der Waals surface area contributed by atoms with Crippen molar-refractivity contribution in [2.24, 2.45) is 0 Å². The first kappa shape index (κ1) is 15.1. The highest BCUT2D eigenvalue weighted by atomic mass is 35.5. The lowest BCUT2D eigenvalue weighted by molar-refractivity contribution is -0.0228. The smallest absolute Gasteiger partial charge is 0.252 e. The number of nitrogens with zero attached hydrogens (tertiary/aromatic N) is 1. The minimum Gasteiger partial charge on any atom is -0.386 e. The van der Waals surface area contributed by atoms with Gasteiger partial charge in [-0.25, -0.2) is 18.1 Å². The van der Waals surface area contributed by atoms with Crippen LogP contribution in [0.1, 0.15) is 19.0 Å². The van der Waals surface area contributed by atoms with Crippen molar-refractivity contribution in [1.29, 1.82) is 0 Å². The number of aryl methyl sites for hydroxylation is 1. The summed E-state index contributed by atoms with van der Waals surface area (Å²) in [6.45, 7) is 3.62. The van der Waals surface area contributed by atoms with Crippen molar-refractivity contribution in [1.82, 2.24) is 9.71 Å². The molecular formula is C10H15ClN2O4S2. The maximum absolute atomic E-state index is 12.1. The molecule has 0 bridgehead atoms. The summed E-state index contributed by atoms with van der Waals surface area (Å²) >= 11 is 6.59. The van der Waals surface area contributed by atoms with Gasteiger partial charge in [-0.15, -0.1) is 0 Å². The van der Waals surface area contributed by atoms with Crippen LogP contribution in [-0.4, -0.2) is 43.4 Å². The van der Waals surface area contributed by atoms with Crippen LogP contribution in [0.15, 0.2) is 4.21 Å².